The van der Waals surface area contributed by atoms with Crippen molar-refractivity contribution in [2.75, 3.05) is 37.6 Å². The van der Waals surface area contributed by atoms with Crippen LogP contribution in [-0.4, -0.2) is 58.1 Å². The SMILES string of the molecule is COc1cc(-c2cnn(C)c2)ccc1Nc1ncc2ccnc(N(C)C3CCOCC3)c2n1. The summed E-state index contributed by atoms with van der Waals surface area (Å²) in [5, 5.41) is 8.51. The predicted octanol–water partition coefficient (Wildman–Crippen LogP) is 3.79. The van der Waals surface area contributed by atoms with E-state index in [1.54, 1.807) is 11.8 Å². The van der Waals surface area contributed by atoms with Gasteiger partial charge in [0, 0.05) is 62.9 Å². The third-order valence-corrected chi connectivity index (χ3v) is 6.04. The van der Waals surface area contributed by atoms with Crippen molar-refractivity contribution >= 4 is 28.4 Å². The van der Waals surface area contributed by atoms with Gasteiger partial charge >= 0.3 is 0 Å². The van der Waals surface area contributed by atoms with Crippen molar-refractivity contribution in [3.8, 4) is 16.9 Å². The Balaban J connectivity index is 1.45. The summed E-state index contributed by atoms with van der Waals surface area (Å²) in [6, 6.07) is 8.28. The molecule has 0 spiro atoms. The third-order valence-electron chi connectivity index (χ3n) is 6.04. The maximum absolute atomic E-state index is 5.64. The molecule has 0 aliphatic carbocycles. The van der Waals surface area contributed by atoms with Crippen LogP contribution in [0.1, 0.15) is 12.8 Å². The second kappa shape index (κ2) is 9.03. The summed E-state index contributed by atoms with van der Waals surface area (Å²) in [4.78, 5) is 16.2. The minimum atomic E-state index is 0.378. The van der Waals surface area contributed by atoms with Gasteiger partial charge in [0.25, 0.3) is 0 Å². The maximum atomic E-state index is 5.64. The van der Waals surface area contributed by atoms with Crippen LogP contribution in [0.4, 0.5) is 17.5 Å². The highest BCUT2D eigenvalue weighted by Gasteiger charge is 2.22. The van der Waals surface area contributed by atoms with E-state index in [-0.39, 0.29) is 0 Å². The first-order valence-electron chi connectivity index (χ1n) is 11.0. The maximum Gasteiger partial charge on any atom is 0.227 e. The van der Waals surface area contributed by atoms with Crippen molar-refractivity contribution < 1.29 is 9.47 Å². The van der Waals surface area contributed by atoms with Gasteiger partial charge in [0.15, 0.2) is 5.82 Å². The lowest BCUT2D eigenvalue weighted by molar-refractivity contribution is 0.0854. The van der Waals surface area contributed by atoms with Crippen molar-refractivity contribution in [2.45, 2.75) is 18.9 Å². The monoisotopic (exact) mass is 445 g/mol. The fraction of sp³-hybridized carbons (Fsp3) is 0.333. The minimum absolute atomic E-state index is 0.378. The van der Waals surface area contributed by atoms with Gasteiger partial charge in [-0.1, -0.05) is 6.07 Å². The number of anilines is 3. The molecule has 4 heterocycles. The highest BCUT2D eigenvalue weighted by atomic mass is 16.5. The molecule has 170 valence electrons. The standard InChI is InChI=1S/C24H27N7O2/c1-30-15-18(14-27-30)16-4-5-20(21(12-16)32-3)28-24-26-13-17-6-9-25-23(22(17)29-24)31(2)19-7-10-33-11-8-19/h4-6,9,12-15,19H,7-8,10-11H2,1-3H3,(H,26,28,29). The number of rotatable bonds is 6. The molecular weight excluding hydrogens is 418 g/mol. The number of benzene rings is 1. The molecule has 0 amide bonds. The van der Waals surface area contributed by atoms with Crippen LogP contribution in [0.2, 0.25) is 0 Å². The zero-order valence-electron chi connectivity index (χ0n) is 19.0. The number of aryl methyl sites for hydroxylation is 1. The van der Waals surface area contributed by atoms with E-state index < -0.39 is 0 Å². The smallest absolute Gasteiger partial charge is 0.227 e. The Morgan fingerprint density at radius 3 is 2.73 bits per heavy atom. The zero-order valence-corrected chi connectivity index (χ0v) is 19.0. The van der Waals surface area contributed by atoms with E-state index in [0.717, 1.165) is 59.6 Å². The number of methoxy groups -OCH3 is 1. The summed E-state index contributed by atoms with van der Waals surface area (Å²) in [6.07, 6.45) is 9.39. The molecule has 1 N–H and O–H groups in total. The Hall–Kier alpha value is -3.72. The molecule has 0 radical (unpaired) electrons. The summed E-state index contributed by atoms with van der Waals surface area (Å²) in [6.45, 7) is 1.55. The van der Waals surface area contributed by atoms with Gasteiger partial charge in [-0.05, 0) is 36.6 Å². The van der Waals surface area contributed by atoms with Crippen LogP contribution in [0.25, 0.3) is 22.0 Å². The summed E-state index contributed by atoms with van der Waals surface area (Å²) >= 11 is 0. The molecular formula is C24H27N7O2. The zero-order chi connectivity index (χ0) is 22.8. The van der Waals surface area contributed by atoms with Crippen molar-refractivity contribution in [1.82, 2.24) is 24.7 Å². The number of aromatic nitrogens is 5. The molecule has 1 saturated heterocycles. The van der Waals surface area contributed by atoms with E-state index in [0.29, 0.717) is 17.7 Å². The first kappa shape index (κ1) is 21.1. The quantitative estimate of drug-likeness (QED) is 0.479. The van der Waals surface area contributed by atoms with E-state index in [4.69, 9.17) is 14.5 Å². The summed E-state index contributed by atoms with van der Waals surface area (Å²) in [5.74, 6) is 2.04. The van der Waals surface area contributed by atoms with E-state index >= 15 is 0 Å². The number of ether oxygens (including phenoxy) is 2. The first-order chi connectivity index (χ1) is 16.1. The van der Waals surface area contributed by atoms with Crippen molar-refractivity contribution in [3.63, 3.8) is 0 Å². The molecule has 1 fully saturated rings. The van der Waals surface area contributed by atoms with Gasteiger partial charge in [-0.15, -0.1) is 0 Å². The lowest BCUT2D eigenvalue weighted by atomic mass is 10.1. The van der Waals surface area contributed by atoms with Gasteiger partial charge in [-0.2, -0.15) is 5.10 Å². The number of fused-ring (bicyclic) bond motifs is 1. The van der Waals surface area contributed by atoms with Crippen LogP contribution in [-0.2, 0) is 11.8 Å². The largest absolute Gasteiger partial charge is 0.495 e. The van der Waals surface area contributed by atoms with Gasteiger partial charge in [-0.25, -0.2) is 15.0 Å². The number of nitrogens with one attached hydrogen (secondary N) is 1. The van der Waals surface area contributed by atoms with Crippen LogP contribution in [0.3, 0.4) is 0 Å². The highest BCUT2D eigenvalue weighted by Crippen LogP contribution is 2.33. The third kappa shape index (κ3) is 4.31. The van der Waals surface area contributed by atoms with E-state index in [1.165, 1.54) is 0 Å². The van der Waals surface area contributed by atoms with Crippen LogP contribution >= 0.6 is 0 Å². The molecule has 9 heteroatoms. The Morgan fingerprint density at radius 1 is 1.12 bits per heavy atom. The van der Waals surface area contributed by atoms with Crippen LogP contribution in [0.15, 0.2) is 49.1 Å². The topological polar surface area (TPSA) is 90.2 Å². The molecule has 1 aliphatic heterocycles. The highest BCUT2D eigenvalue weighted by molar-refractivity contribution is 5.89. The number of hydrogen-bond donors (Lipinski definition) is 1. The normalized spacial score (nSPS) is 14.4. The minimum Gasteiger partial charge on any atom is -0.495 e. The van der Waals surface area contributed by atoms with Gasteiger partial charge in [0.2, 0.25) is 5.95 Å². The Labute approximate surface area is 192 Å². The molecule has 9 nitrogen and oxygen atoms in total. The first-order valence-corrected chi connectivity index (χ1v) is 11.0. The molecule has 0 unspecified atom stereocenters. The van der Waals surface area contributed by atoms with Crippen molar-refractivity contribution in [3.05, 3.63) is 49.1 Å². The van der Waals surface area contributed by atoms with Gasteiger partial charge in [-0.3, -0.25) is 4.68 Å². The lowest BCUT2D eigenvalue weighted by Crippen LogP contribution is -2.37. The molecule has 0 atom stereocenters. The average molecular weight is 446 g/mol. The van der Waals surface area contributed by atoms with Gasteiger partial charge < -0.3 is 19.7 Å². The molecule has 3 aromatic heterocycles. The Kier molecular flexibility index (Phi) is 5.78. The fourth-order valence-corrected chi connectivity index (χ4v) is 4.17. The van der Waals surface area contributed by atoms with Gasteiger partial charge in [0.1, 0.15) is 11.3 Å². The molecule has 33 heavy (non-hydrogen) atoms. The Morgan fingerprint density at radius 2 is 1.97 bits per heavy atom. The summed E-state index contributed by atoms with van der Waals surface area (Å²) in [7, 11) is 5.63. The summed E-state index contributed by atoms with van der Waals surface area (Å²) in [5.41, 5.74) is 3.65. The summed E-state index contributed by atoms with van der Waals surface area (Å²) < 4.78 is 12.9. The van der Waals surface area contributed by atoms with E-state index in [2.05, 4.69) is 32.3 Å². The van der Waals surface area contributed by atoms with Gasteiger partial charge in [0.05, 0.1) is 19.0 Å². The van der Waals surface area contributed by atoms with Crippen LogP contribution < -0.4 is 15.0 Å². The lowest BCUT2D eigenvalue weighted by Gasteiger charge is -2.32. The molecule has 4 aromatic rings. The Bertz CT molecular complexity index is 1270. The fourth-order valence-electron chi connectivity index (χ4n) is 4.17. The molecule has 0 saturated carbocycles. The van der Waals surface area contributed by atoms with Crippen LogP contribution in [0.5, 0.6) is 5.75 Å². The van der Waals surface area contributed by atoms with Crippen LogP contribution in [0, 0.1) is 0 Å². The van der Waals surface area contributed by atoms with Crippen molar-refractivity contribution in [2.24, 2.45) is 7.05 Å². The predicted molar refractivity (Wildman–Crippen MR) is 128 cm³/mol. The second-order valence-electron chi connectivity index (χ2n) is 8.16. The second-order valence-corrected chi connectivity index (χ2v) is 8.16. The molecule has 1 aliphatic rings. The van der Waals surface area contributed by atoms with Crippen molar-refractivity contribution in [1.29, 1.82) is 0 Å². The molecule has 5 rings (SSSR count). The number of pyridine rings is 1. The van der Waals surface area contributed by atoms with E-state index in [9.17, 15) is 0 Å². The number of hydrogen-bond acceptors (Lipinski definition) is 8. The number of nitrogens with zero attached hydrogens (tertiary/aromatic N) is 6. The molecule has 1 aromatic carbocycles. The molecule has 0 bridgehead atoms. The average Bonchev–Trinajstić information content (AvgIpc) is 3.30. The van der Waals surface area contributed by atoms with E-state index in [1.807, 2.05) is 56.1 Å².